The van der Waals surface area contributed by atoms with Crippen molar-refractivity contribution in [3.63, 3.8) is 0 Å². The van der Waals surface area contributed by atoms with E-state index >= 15 is 0 Å². The summed E-state index contributed by atoms with van der Waals surface area (Å²) in [5, 5.41) is 10.7. The summed E-state index contributed by atoms with van der Waals surface area (Å²) in [6.07, 6.45) is -3.33. The fraction of sp³-hybridized carbons (Fsp3) is 0.381. The minimum atomic E-state index is -4.32. The van der Waals surface area contributed by atoms with Crippen LogP contribution in [0.1, 0.15) is 29.9 Å². The average molecular weight is 425 g/mol. The highest BCUT2D eigenvalue weighted by Gasteiger charge is 2.63. The fourth-order valence-corrected chi connectivity index (χ4v) is 3.63. The second-order valence-corrected chi connectivity index (χ2v) is 7.83. The summed E-state index contributed by atoms with van der Waals surface area (Å²) in [5.41, 5.74) is -3.40. The van der Waals surface area contributed by atoms with Gasteiger partial charge in [0.1, 0.15) is 5.82 Å². The zero-order valence-corrected chi connectivity index (χ0v) is 15.8. The predicted molar refractivity (Wildman–Crippen MR) is 99.4 cm³/mol. The molecule has 0 amide bonds. The molecule has 0 bridgehead atoms. The van der Waals surface area contributed by atoms with Crippen LogP contribution in [0.15, 0.2) is 55.0 Å². The smallest absolute Gasteiger partial charge is 0.379 e. The number of imidazole rings is 1. The van der Waals surface area contributed by atoms with E-state index in [4.69, 9.17) is 0 Å². The lowest BCUT2D eigenvalue weighted by molar-refractivity contribution is -0.186. The fourth-order valence-electron chi connectivity index (χ4n) is 3.63. The number of aromatic amines is 1. The van der Waals surface area contributed by atoms with E-state index in [0.29, 0.717) is 0 Å². The van der Waals surface area contributed by atoms with Gasteiger partial charge in [0, 0.05) is 37.1 Å². The number of benzene rings is 1. The van der Waals surface area contributed by atoms with E-state index < -0.39 is 30.0 Å². The second-order valence-electron chi connectivity index (χ2n) is 7.83. The van der Waals surface area contributed by atoms with Crippen LogP contribution in [-0.4, -0.2) is 32.2 Å². The van der Waals surface area contributed by atoms with Crippen molar-refractivity contribution in [1.82, 2.24) is 14.5 Å². The molecule has 1 saturated carbocycles. The number of rotatable bonds is 7. The Kier molecular flexibility index (Phi) is 4.96. The summed E-state index contributed by atoms with van der Waals surface area (Å²) < 4.78 is 68.9. The third-order valence-electron chi connectivity index (χ3n) is 5.73. The molecule has 1 atom stereocenters. The van der Waals surface area contributed by atoms with Crippen molar-refractivity contribution < 1.29 is 27.1 Å². The molecule has 2 heterocycles. The van der Waals surface area contributed by atoms with E-state index in [9.17, 15) is 27.1 Å². The van der Waals surface area contributed by atoms with Crippen LogP contribution in [-0.2, 0) is 18.4 Å². The van der Waals surface area contributed by atoms with Crippen LogP contribution in [0.4, 0.5) is 22.0 Å². The molecule has 9 heteroatoms. The SMILES string of the molecule is OC(Cc1nc(CC2(C(F)(F)F)CC2)c[nH]1)(c1ccc(-n2cccc2)cc1)C(F)F. The number of hydrogen-bond acceptors (Lipinski definition) is 2. The van der Waals surface area contributed by atoms with Gasteiger partial charge in [0.2, 0.25) is 0 Å². The lowest BCUT2D eigenvalue weighted by Gasteiger charge is -2.27. The van der Waals surface area contributed by atoms with E-state index in [1.54, 1.807) is 29.1 Å². The molecule has 2 N–H and O–H groups in total. The molecule has 1 fully saturated rings. The van der Waals surface area contributed by atoms with Gasteiger partial charge < -0.3 is 14.7 Å². The third-order valence-corrected chi connectivity index (χ3v) is 5.73. The third kappa shape index (κ3) is 3.74. The highest BCUT2D eigenvalue weighted by Crippen LogP contribution is 2.59. The van der Waals surface area contributed by atoms with Crippen molar-refractivity contribution in [3.05, 3.63) is 72.1 Å². The maximum Gasteiger partial charge on any atom is 0.394 e. The molecule has 0 saturated heterocycles. The Bertz CT molecular complexity index is 991. The molecule has 4 rings (SSSR count). The van der Waals surface area contributed by atoms with Crippen molar-refractivity contribution in [1.29, 1.82) is 0 Å². The number of alkyl halides is 5. The standard InChI is InChI=1S/C21H20F5N3O/c22-18(23)20(30,14-3-5-16(6-4-14)29-9-1-2-10-29)12-17-27-13-15(28-17)11-19(7-8-19)21(24,25)26/h1-6,9-10,13,18,30H,7-8,11-12H2,(H,27,28). The zero-order valence-electron chi connectivity index (χ0n) is 15.8. The van der Waals surface area contributed by atoms with Crippen LogP contribution >= 0.6 is 0 Å². The number of aliphatic hydroxyl groups is 1. The molecule has 2 aromatic heterocycles. The van der Waals surface area contributed by atoms with Gasteiger partial charge in [-0.3, -0.25) is 0 Å². The second kappa shape index (κ2) is 7.23. The van der Waals surface area contributed by atoms with E-state index in [-0.39, 0.29) is 36.3 Å². The average Bonchev–Trinajstić information content (AvgIpc) is 3.10. The van der Waals surface area contributed by atoms with Crippen molar-refractivity contribution in [2.75, 3.05) is 0 Å². The number of H-pyrrole nitrogens is 1. The van der Waals surface area contributed by atoms with E-state index in [1.165, 1.54) is 18.3 Å². The Morgan fingerprint density at radius 1 is 1.10 bits per heavy atom. The number of nitrogens with one attached hydrogen (secondary N) is 1. The molecule has 0 spiro atoms. The number of aromatic nitrogens is 3. The van der Waals surface area contributed by atoms with E-state index in [2.05, 4.69) is 9.97 Å². The largest absolute Gasteiger partial charge is 0.394 e. The number of nitrogens with zero attached hydrogens (tertiary/aromatic N) is 2. The van der Waals surface area contributed by atoms with Crippen LogP contribution in [0.25, 0.3) is 5.69 Å². The first-order chi connectivity index (χ1) is 14.1. The molecular formula is C21H20F5N3O. The van der Waals surface area contributed by atoms with E-state index in [1.807, 2.05) is 12.1 Å². The lowest BCUT2D eigenvalue weighted by Crippen LogP contribution is -2.37. The van der Waals surface area contributed by atoms with Gasteiger partial charge in [-0.25, -0.2) is 13.8 Å². The van der Waals surface area contributed by atoms with Gasteiger partial charge in [0.25, 0.3) is 6.43 Å². The highest BCUT2D eigenvalue weighted by molar-refractivity contribution is 5.38. The maximum atomic E-state index is 13.8. The van der Waals surface area contributed by atoms with Gasteiger partial charge in [-0.2, -0.15) is 13.2 Å². The molecule has 4 nitrogen and oxygen atoms in total. The molecule has 1 aromatic carbocycles. The molecule has 160 valence electrons. The van der Waals surface area contributed by atoms with Crippen LogP contribution in [0, 0.1) is 5.41 Å². The predicted octanol–water partition coefficient (Wildman–Crippen LogP) is 4.78. The van der Waals surface area contributed by atoms with Gasteiger partial charge >= 0.3 is 6.18 Å². The highest BCUT2D eigenvalue weighted by atomic mass is 19.4. The monoisotopic (exact) mass is 425 g/mol. The molecule has 3 aromatic rings. The van der Waals surface area contributed by atoms with Crippen LogP contribution in [0.2, 0.25) is 0 Å². The Balaban J connectivity index is 1.53. The summed E-state index contributed by atoms with van der Waals surface area (Å²) in [6, 6.07) is 9.68. The Hall–Kier alpha value is -2.68. The van der Waals surface area contributed by atoms with E-state index in [0.717, 1.165) is 5.69 Å². The molecule has 1 unspecified atom stereocenters. The van der Waals surface area contributed by atoms with Crippen molar-refractivity contribution >= 4 is 0 Å². The maximum absolute atomic E-state index is 13.8. The summed E-state index contributed by atoms with van der Waals surface area (Å²) in [7, 11) is 0. The molecule has 30 heavy (non-hydrogen) atoms. The van der Waals surface area contributed by atoms with Crippen molar-refractivity contribution in [2.24, 2.45) is 5.41 Å². The summed E-state index contributed by atoms with van der Waals surface area (Å²) in [5.74, 6) is 0.0141. The summed E-state index contributed by atoms with van der Waals surface area (Å²) in [6.45, 7) is 0. The first kappa shape index (κ1) is 20.6. The summed E-state index contributed by atoms with van der Waals surface area (Å²) >= 11 is 0. The molecule has 0 radical (unpaired) electrons. The van der Waals surface area contributed by atoms with Gasteiger partial charge in [-0.1, -0.05) is 12.1 Å². The summed E-state index contributed by atoms with van der Waals surface area (Å²) in [4.78, 5) is 6.69. The Morgan fingerprint density at radius 3 is 2.27 bits per heavy atom. The lowest BCUT2D eigenvalue weighted by atomic mass is 9.90. The molecule has 1 aliphatic rings. The molecule has 1 aliphatic carbocycles. The van der Waals surface area contributed by atoms with Crippen LogP contribution in [0.5, 0.6) is 0 Å². The number of halogens is 5. The first-order valence-electron chi connectivity index (χ1n) is 9.47. The van der Waals surface area contributed by atoms with Crippen LogP contribution in [0.3, 0.4) is 0 Å². The Morgan fingerprint density at radius 2 is 1.73 bits per heavy atom. The molecule has 0 aliphatic heterocycles. The quantitative estimate of drug-likeness (QED) is 0.536. The zero-order chi connectivity index (χ0) is 21.6. The molecular weight excluding hydrogens is 405 g/mol. The van der Waals surface area contributed by atoms with Crippen molar-refractivity contribution in [3.8, 4) is 5.69 Å². The van der Waals surface area contributed by atoms with Gasteiger partial charge in [0.05, 0.1) is 11.1 Å². The first-order valence-corrected chi connectivity index (χ1v) is 9.47. The normalized spacial score (nSPS) is 17.8. The Labute approximate surface area is 169 Å². The van der Waals surface area contributed by atoms with Gasteiger partial charge in [0.15, 0.2) is 5.60 Å². The minimum absolute atomic E-state index is 0.000288. The van der Waals surface area contributed by atoms with Crippen LogP contribution < -0.4 is 0 Å². The number of hydrogen-bond donors (Lipinski definition) is 2. The van der Waals surface area contributed by atoms with Gasteiger partial charge in [-0.15, -0.1) is 0 Å². The topological polar surface area (TPSA) is 53.8 Å². The minimum Gasteiger partial charge on any atom is -0.379 e. The van der Waals surface area contributed by atoms with Crippen molar-refractivity contribution in [2.45, 2.75) is 43.9 Å². The van der Waals surface area contributed by atoms with Gasteiger partial charge in [-0.05, 0) is 42.7 Å².